The molecular weight excluding hydrogens is 287 g/mol. The largest absolute Gasteiger partial charge is 0.480 e. The number of hydrogen-bond acceptors (Lipinski definition) is 2. The Hall–Kier alpha value is -1.03. The monoisotopic (exact) mass is 308 g/mol. The molecule has 3 rings (SSSR count). The fourth-order valence-corrected chi connectivity index (χ4v) is 5.63. The van der Waals surface area contributed by atoms with Crippen LogP contribution in [0.5, 0.6) is 0 Å². The van der Waals surface area contributed by atoms with E-state index in [1.54, 1.807) is 12.1 Å². The lowest BCUT2D eigenvalue weighted by Gasteiger charge is -2.53. The molecule has 1 aromatic rings. The lowest BCUT2D eigenvalue weighted by Crippen LogP contribution is -2.54. The quantitative estimate of drug-likeness (QED) is 0.865. The summed E-state index contributed by atoms with van der Waals surface area (Å²) in [6, 6.07) is 6.28. The first-order valence-electron chi connectivity index (χ1n) is 7.72. The first kappa shape index (κ1) is 14.9. The van der Waals surface area contributed by atoms with E-state index in [9.17, 15) is 14.3 Å². The standard InChI is InChI=1S/C17H21FO2S/c18-13-6-5-7-14(10-13)21-17(15(19)20)11-16(12-17)8-3-1-2-4-9-16/h5-7,10H,1-4,8-9,11-12H2,(H,19,20). The first-order valence-corrected chi connectivity index (χ1v) is 8.53. The molecule has 114 valence electrons. The van der Waals surface area contributed by atoms with Gasteiger partial charge < -0.3 is 5.11 Å². The van der Waals surface area contributed by atoms with Crippen LogP contribution in [0.15, 0.2) is 29.2 Å². The van der Waals surface area contributed by atoms with Crippen LogP contribution in [0.4, 0.5) is 4.39 Å². The molecule has 0 unspecified atom stereocenters. The highest BCUT2D eigenvalue weighted by Gasteiger charge is 2.59. The van der Waals surface area contributed by atoms with Crippen molar-refractivity contribution in [2.75, 3.05) is 0 Å². The van der Waals surface area contributed by atoms with Gasteiger partial charge in [-0.3, -0.25) is 4.79 Å². The zero-order chi connectivity index (χ0) is 14.9. The van der Waals surface area contributed by atoms with Gasteiger partial charge in [0, 0.05) is 4.90 Å². The normalized spacial score (nSPS) is 23.3. The zero-order valence-corrected chi connectivity index (χ0v) is 12.9. The second-order valence-electron chi connectivity index (χ2n) is 6.63. The van der Waals surface area contributed by atoms with Gasteiger partial charge >= 0.3 is 5.97 Å². The molecule has 1 spiro atoms. The molecule has 4 heteroatoms. The summed E-state index contributed by atoms with van der Waals surface area (Å²) >= 11 is 1.33. The molecule has 0 heterocycles. The third kappa shape index (κ3) is 2.96. The average molecular weight is 308 g/mol. The summed E-state index contributed by atoms with van der Waals surface area (Å²) < 4.78 is 12.6. The maximum absolute atomic E-state index is 13.3. The van der Waals surface area contributed by atoms with E-state index in [1.165, 1.54) is 49.6 Å². The highest BCUT2D eigenvalue weighted by atomic mass is 32.2. The number of carbonyl (C=O) groups is 1. The molecule has 0 bridgehead atoms. The Morgan fingerprint density at radius 1 is 1.14 bits per heavy atom. The molecule has 2 nitrogen and oxygen atoms in total. The molecule has 0 atom stereocenters. The van der Waals surface area contributed by atoms with E-state index in [2.05, 4.69) is 0 Å². The van der Waals surface area contributed by atoms with Gasteiger partial charge in [-0.05, 0) is 49.3 Å². The van der Waals surface area contributed by atoms with Crippen LogP contribution in [-0.2, 0) is 4.79 Å². The fraction of sp³-hybridized carbons (Fsp3) is 0.588. The van der Waals surface area contributed by atoms with Gasteiger partial charge in [0.2, 0.25) is 0 Å². The van der Waals surface area contributed by atoms with Crippen LogP contribution in [0.2, 0.25) is 0 Å². The molecule has 0 amide bonds. The molecule has 21 heavy (non-hydrogen) atoms. The predicted octanol–water partition coefficient (Wildman–Crippen LogP) is 4.88. The summed E-state index contributed by atoms with van der Waals surface area (Å²) in [5.41, 5.74) is 0.231. The third-order valence-electron chi connectivity index (χ3n) is 4.98. The third-order valence-corrected chi connectivity index (χ3v) is 6.33. The second-order valence-corrected chi connectivity index (χ2v) is 8.08. The number of benzene rings is 1. The summed E-state index contributed by atoms with van der Waals surface area (Å²) in [5, 5.41) is 9.68. The van der Waals surface area contributed by atoms with Gasteiger partial charge in [0.1, 0.15) is 10.6 Å². The molecule has 2 saturated carbocycles. The smallest absolute Gasteiger partial charge is 0.320 e. The first-order chi connectivity index (χ1) is 10.0. The summed E-state index contributed by atoms with van der Waals surface area (Å²) in [6.07, 6.45) is 8.78. The lowest BCUT2D eigenvalue weighted by atomic mass is 9.58. The van der Waals surface area contributed by atoms with Crippen molar-refractivity contribution in [1.82, 2.24) is 0 Å². The average Bonchev–Trinajstić information content (AvgIpc) is 2.63. The Kier molecular flexibility index (Phi) is 4.00. The maximum atomic E-state index is 13.3. The van der Waals surface area contributed by atoms with Crippen molar-refractivity contribution in [3.8, 4) is 0 Å². The Bertz CT molecular complexity index is 527. The maximum Gasteiger partial charge on any atom is 0.320 e. The van der Waals surface area contributed by atoms with Gasteiger partial charge in [-0.1, -0.05) is 31.7 Å². The molecule has 1 aromatic carbocycles. The van der Waals surface area contributed by atoms with Crippen molar-refractivity contribution in [2.45, 2.75) is 61.0 Å². The van der Waals surface area contributed by atoms with Crippen LogP contribution < -0.4 is 0 Å². The number of rotatable bonds is 3. The van der Waals surface area contributed by atoms with Crippen LogP contribution >= 0.6 is 11.8 Å². The second kappa shape index (κ2) is 5.64. The van der Waals surface area contributed by atoms with Crippen molar-refractivity contribution < 1.29 is 14.3 Å². The lowest BCUT2D eigenvalue weighted by molar-refractivity contribution is -0.147. The van der Waals surface area contributed by atoms with Gasteiger partial charge in [-0.15, -0.1) is 11.8 Å². The summed E-state index contributed by atoms with van der Waals surface area (Å²) in [4.78, 5) is 12.5. The van der Waals surface area contributed by atoms with E-state index in [0.29, 0.717) is 0 Å². The van der Waals surface area contributed by atoms with Gasteiger partial charge in [0.25, 0.3) is 0 Å². The minimum Gasteiger partial charge on any atom is -0.480 e. The molecule has 2 aliphatic carbocycles. The molecule has 0 aromatic heterocycles. The van der Waals surface area contributed by atoms with E-state index in [0.717, 1.165) is 30.6 Å². The van der Waals surface area contributed by atoms with E-state index < -0.39 is 10.7 Å². The summed E-state index contributed by atoms with van der Waals surface area (Å²) in [5.74, 6) is -1.05. The van der Waals surface area contributed by atoms with E-state index in [-0.39, 0.29) is 11.2 Å². The molecule has 0 radical (unpaired) electrons. The summed E-state index contributed by atoms with van der Waals surface area (Å²) in [7, 11) is 0. The number of halogens is 1. The van der Waals surface area contributed by atoms with Crippen LogP contribution in [0.1, 0.15) is 51.4 Å². The number of carboxylic acid groups (broad SMARTS) is 1. The molecule has 2 fully saturated rings. The number of carboxylic acids is 1. The molecule has 1 N–H and O–H groups in total. The zero-order valence-electron chi connectivity index (χ0n) is 12.1. The Balaban J connectivity index is 1.75. The van der Waals surface area contributed by atoms with Crippen molar-refractivity contribution in [2.24, 2.45) is 5.41 Å². The summed E-state index contributed by atoms with van der Waals surface area (Å²) in [6.45, 7) is 0. The van der Waals surface area contributed by atoms with E-state index >= 15 is 0 Å². The van der Waals surface area contributed by atoms with E-state index in [1.807, 2.05) is 0 Å². The highest BCUT2D eigenvalue weighted by molar-refractivity contribution is 8.01. The van der Waals surface area contributed by atoms with Crippen molar-refractivity contribution >= 4 is 17.7 Å². The van der Waals surface area contributed by atoms with Gasteiger partial charge in [-0.25, -0.2) is 4.39 Å². The SMILES string of the molecule is O=C(O)C1(Sc2cccc(F)c2)CC2(CCCCCC2)C1. The van der Waals surface area contributed by atoms with Gasteiger partial charge in [-0.2, -0.15) is 0 Å². The van der Waals surface area contributed by atoms with Crippen molar-refractivity contribution in [3.63, 3.8) is 0 Å². The van der Waals surface area contributed by atoms with E-state index in [4.69, 9.17) is 0 Å². The van der Waals surface area contributed by atoms with Crippen LogP contribution in [0.25, 0.3) is 0 Å². The van der Waals surface area contributed by atoms with Crippen molar-refractivity contribution in [3.05, 3.63) is 30.1 Å². The van der Waals surface area contributed by atoms with Crippen LogP contribution in [0.3, 0.4) is 0 Å². The predicted molar refractivity (Wildman–Crippen MR) is 82.0 cm³/mol. The number of thioether (sulfide) groups is 1. The Morgan fingerprint density at radius 2 is 1.81 bits per heavy atom. The fourth-order valence-electron chi connectivity index (χ4n) is 4.01. The van der Waals surface area contributed by atoms with Gasteiger partial charge in [0.15, 0.2) is 0 Å². The molecular formula is C17H21FO2S. The van der Waals surface area contributed by atoms with Crippen molar-refractivity contribution in [1.29, 1.82) is 0 Å². The van der Waals surface area contributed by atoms with Crippen LogP contribution in [-0.4, -0.2) is 15.8 Å². The molecule has 0 aliphatic heterocycles. The molecule has 2 aliphatic rings. The Morgan fingerprint density at radius 3 is 2.38 bits per heavy atom. The van der Waals surface area contributed by atoms with Gasteiger partial charge in [0.05, 0.1) is 0 Å². The number of aliphatic carboxylic acids is 1. The minimum atomic E-state index is -0.752. The topological polar surface area (TPSA) is 37.3 Å². The van der Waals surface area contributed by atoms with Crippen LogP contribution in [0, 0.1) is 11.2 Å². The number of hydrogen-bond donors (Lipinski definition) is 1. The Labute approximate surface area is 129 Å². The molecule has 0 saturated heterocycles. The minimum absolute atomic E-state index is 0.231. The highest BCUT2D eigenvalue weighted by Crippen LogP contribution is 2.62.